The van der Waals surface area contributed by atoms with Crippen LogP contribution in [0.2, 0.25) is 10.6 Å². The van der Waals surface area contributed by atoms with Gasteiger partial charge in [0.1, 0.15) is 41.4 Å². The minimum Gasteiger partial charge on any atom is -0.744 e. The maximum Gasteiger partial charge on any atom is 0.239 e. The van der Waals surface area contributed by atoms with Crippen LogP contribution < -0.4 is 20.1 Å². The van der Waals surface area contributed by atoms with Gasteiger partial charge in [0.2, 0.25) is 33.2 Å². The van der Waals surface area contributed by atoms with Gasteiger partial charge in [-0.05, 0) is 102 Å². The van der Waals surface area contributed by atoms with Gasteiger partial charge >= 0.3 is 0 Å². The number of hydrogen-bond acceptors (Lipinski definition) is 16. The molecule has 2 aromatic heterocycles. The quantitative estimate of drug-likeness (QED) is 0.0887. The lowest BCUT2D eigenvalue weighted by atomic mass is 10.1. The second-order valence-electron chi connectivity index (χ2n) is 12.5. The van der Waals surface area contributed by atoms with Crippen LogP contribution in [-0.4, -0.2) is 65.4 Å². The van der Waals surface area contributed by atoms with Gasteiger partial charge in [-0.3, -0.25) is 0 Å². The van der Waals surface area contributed by atoms with Gasteiger partial charge in [0.15, 0.2) is 0 Å². The number of nitrogens with zero attached hydrogens (tertiary/aromatic N) is 6. The maximum absolute atomic E-state index is 12.5. The van der Waals surface area contributed by atoms with Crippen LogP contribution in [0, 0.1) is 0 Å². The summed E-state index contributed by atoms with van der Waals surface area (Å²) in [7, 11) is -14.5. The Morgan fingerprint density at radius 2 is 1.26 bits per heavy atom. The summed E-state index contributed by atoms with van der Waals surface area (Å²) in [4.78, 5) is 16.8. The summed E-state index contributed by atoms with van der Waals surface area (Å²) < 4.78 is 110. The van der Waals surface area contributed by atoms with E-state index in [1.54, 1.807) is 34.9 Å². The highest BCUT2D eigenvalue weighted by Crippen LogP contribution is 2.31. The molecule has 0 saturated carbocycles. The fourth-order valence-corrected chi connectivity index (χ4v) is 8.17. The van der Waals surface area contributed by atoms with E-state index >= 15 is 0 Å². The third-order valence-corrected chi connectivity index (χ3v) is 11.6. The highest BCUT2D eigenvalue weighted by atomic mass is 35.5. The summed E-state index contributed by atoms with van der Waals surface area (Å²) in [6.45, 7) is 2.58. The SMILES string of the molecule is CCN(Cc1cccc(S(=O)(=O)[O-])c1)c1ccc2nc3ccc(Nc4ccc(Nc5nc(Cl)nc(Cl)n5)cc4S(=O)(=O)[O-])cc3[n+](-c3ccc(S(=O)(=O)[O-])cc3)c2c1. The third kappa shape index (κ3) is 8.93. The molecule has 5 aromatic carbocycles. The van der Waals surface area contributed by atoms with E-state index in [0.29, 0.717) is 51.2 Å². The van der Waals surface area contributed by atoms with Gasteiger partial charge in [0.05, 0.1) is 20.4 Å². The average Bonchev–Trinajstić information content (AvgIpc) is 3.15. The number of halogens is 2. The summed E-state index contributed by atoms with van der Waals surface area (Å²) in [6.07, 6.45) is 0. The normalized spacial score (nSPS) is 12.2. The molecule has 0 amide bonds. The Labute approximate surface area is 341 Å². The number of fused-ring (bicyclic) bond motifs is 2. The van der Waals surface area contributed by atoms with Crippen LogP contribution in [0.1, 0.15) is 12.5 Å². The molecule has 2 heterocycles. The maximum atomic E-state index is 12.5. The van der Waals surface area contributed by atoms with Crippen LogP contribution in [0.15, 0.2) is 118 Å². The van der Waals surface area contributed by atoms with Crippen LogP contribution in [-0.2, 0) is 36.9 Å². The molecule has 58 heavy (non-hydrogen) atoms. The fourth-order valence-electron chi connectivity index (χ4n) is 6.14. The second kappa shape index (κ2) is 15.6. The van der Waals surface area contributed by atoms with Crippen molar-refractivity contribution in [2.45, 2.75) is 28.2 Å². The Morgan fingerprint density at radius 3 is 1.90 bits per heavy atom. The highest BCUT2D eigenvalue weighted by Gasteiger charge is 2.23. The number of anilines is 5. The number of aromatic nitrogens is 5. The molecule has 0 saturated heterocycles. The zero-order valence-corrected chi connectivity index (χ0v) is 33.5. The molecule has 7 rings (SSSR count). The summed E-state index contributed by atoms with van der Waals surface area (Å²) in [5.74, 6) is -0.103. The number of nitrogens with one attached hydrogen (secondary N) is 2. The summed E-state index contributed by atoms with van der Waals surface area (Å²) in [5, 5.41) is 5.28. The predicted molar refractivity (Wildman–Crippen MR) is 211 cm³/mol. The molecule has 0 atom stereocenters. The van der Waals surface area contributed by atoms with E-state index in [2.05, 4.69) is 25.6 Å². The van der Waals surface area contributed by atoms with Crippen molar-refractivity contribution in [3.8, 4) is 5.69 Å². The summed E-state index contributed by atoms with van der Waals surface area (Å²) in [6, 6.07) is 25.2. The van der Waals surface area contributed by atoms with Crippen molar-refractivity contribution in [2.75, 3.05) is 22.1 Å². The van der Waals surface area contributed by atoms with E-state index < -0.39 is 40.1 Å². The lowest BCUT2D eigenvalue weighted by Crippen LogP contribution is -2.34. The average molecular weight is 882 g/mol. The van der Waals surface area contributed by atoms with E-state index in [0.717, 1.165) is 6.07 Å². The van der Waals surface area contributed by atoms with Crippen LogP contribution in [0.4, 0.5) is 28.7 Å². The topological polar surface area (TPSA) is 254 Å². The van der Waals surface area contributed by atoms with Crippen LogP contribution in [0.25, 0.3) is 27.8 Å². The number of benzene rings is 5. The molecule has 2 N–H and O–H groups in total. The van der Waals surface area contributed by atoms with E-state index in [1.807, 2.05) is 24.0 Å². The van der Waals surface area contributed by atoms with Crippen molar-refractivity contribution in [3.63, 3.8) is 0 Å². The molecule has 0 fully saturated rings. The molecular weight excluding hydrogens is 856 g/mol. The first kappa shape index (κ1) is 40.6. The minimum atomic E-state index is -5.07. The van der Waals surface area contributed by atoms with Gasteiger partial charge < -0.3 is 29.2 Å². The lowest BCUT2D eigenvalue weighted by molar-refractivity contribution is -0.538. The monoisotopic (exact) mass is 880 g/mol. The molecule has 0 unspecified atom stereocenters. The molecular formula is C36H26Cl2N8O9S3-2. The predicted octanol–water partition coefficient (Wildman–Crippen LogP) is 5.38. The van der Waals surface area contributed by atoms with E-state index in [9.17, 15) is 38.9 Å². The van der Waals surface area contributed by atoms with Gasteiger partial charge in [0.25, 0.3) is 0 Å². The van der Waals surface area contributed by atoms with Gasteiger partial charge in [-0.1, -0.05) is 12.1 Å². The number of hydrogen-bond donors (Lipinski definition) is 2. The van der Waals surface area contributed by atoms with Crippen molar-refractivity contribution in [3.05, 3.63) is 119 Å². The first-order chi connectivity index (χ1) is 27.3. The molecule has 0 aliphatic carbocycles. The molecule has 22 heteroatoms. The molecule has 0 aliphatic heterocycles. The zero-order valence-electron chi connectivity index (χ0n) is 29.6. The molecule has 0 radical (unpaired) electrons. The minimum absolute atomic E-state index is 0.0772. The van der Waals surface area contributed by atoms with E-state index in [-0.39, 0.29) is 39.3 Å². The van der Waals surface area contributed by atoms with Gasteiger partial charge in [0, 0.05) is 54.4 Å². The van der Waals surface area contributed by atoms with Crippen molar-refractivity contribution in [2.24, 2.45) is 0 Å². The van der Waals surface area contributed by atoms with Crippen molar-refractivity contribution in [1.29, 1.82) is 0 Å². The Balaban J connectivity index is 1.34. The Morgan fingerprint density at radius 1 is 0.638 bits per heavy atom. The van der Waals surface area contributed by atoms with Crippen LogP contribution in [0.5, 0.6) is 0 Å². The van der Waals surface area contributed by atoms with Crippen LogP contribution in [0.3, 0.4) is 0 Å². The smallest absolute Gasteiger partial charge is 0.239 e. The third-order valence-electron chi connectivity index (χ3n) is 8.72. The molecule has 7 aromatic rings. The molecule has 298 valence electrons. The highest BCUT2D eigenvalue weighted by molar-refractivity contribution is 7.86. The second-order valence-corrected chi connectivity index (χ2v) is 17.3. The Bertz CT molecular complexity index is 3090. The molecule has 0 aliphatic rings. The summed E-state index contributed by atoms with van der Waals surface area (Å²) >= 11 is 11.7. The Kier molecular flexibility index (Phi) is 11.0. The van der Waals surface area contributed by atoms with E-state index in [4.69, 9.17) is 28.2 Å². The van der Waals surface area contributed by atoms with Crippen molar-refractivity contribution >= 4 is 104 Å². The summed E-state index contributed by atoms with van der Waals surface area (Å²) in [5.41, 5.74) is 3.96. The van der Waals surface area contributed by atoms with Crippen LogP contribution >= 0.6 is 23.2 Å². The number of rotatable bonds is 12. The van der Waals surface area contributed by atoms with Crippen molar-refractivity contribution < 1.29 is 43.5 Å². The van der Waals surface area contributed by atoms with E-state index in [1.165, 1.54) is 54.6 Å². The lowest BCUT2D eigenvalue weighted by Gasteiger charge is -2.23. The molecule has 17 nitrogen and oxygen atoms in total. The fraction of sp³-hybridized carbons (Fsp3) is 0.0833. The first-order valence-corrected chi connectivity index (χ1v) is 21.7. The first-order valence-electron chi connectivity index (χ1n) is 16.7. The molecule has 0 spiro atoms. The standard InChI is InChI=1S/C36H28Cl2N8O9S3/c1-2-45(20-21-4-3-5-27(16-21)57(50,51)52)25-10-15-29-32(19-25)46(24-8-11-26(12-9-24)56(47,48)49)31-17-22(6-13-28(31)41-29)39-30-14-7-23(18-33(30)58(53,54)55)40-36-43-34(37)42-35(38)44-36/h3-19H,2,20H2,1H3,(H4,40,41,42,43,44,47,48,49,50,51,52,53,54,55)/p-2. The zero-order chi connectivity index (χ0) is 41.6. The molecule has 0 bridgehead atoms. The Hall–Kier alpha value is -5.58. The largest absolute Gasteiger partial charge is 0.744 e. The van der Waals surface area contributed by atoms with Gasteiger partial charge in [-0.15, -0.1) is 4.57 Å². The van der Waals surface area contributed by atoms with Crippen molar-refractivity contribution in [1.82, 2.24) is 19.9 Å². The van der Waals surface area contributed by atoms with Gasteiger partial charge in [-0.2, -0.15) is 15.0 Å². The van der Waals surface area contributed by atoms with Gasteiger partial charge in [-0.25, -0.2) is 30.2 Å².